The Bertz CT molecular complexity index is 3630. The summed E-state index contributed by atoms with van der Waals surface area (Å²) in [6, 6.07) is -1.99. The second-order valence-electron chi connectivity index (χ2n) is 31.5. The van der Waals surface area contributed by atoms with E-state index in [1.165, 1.54) is 36.4 Å². The second-order valence-corrected chi connectivity index (χ2v) is 31.5. The Kier molecular flexibility index (Phi) is 34.5. The van der Waals surface area contributed by atoms with Crippen molar-refractivity contribution in [1.29, 1.82) is 0 Å². The number of nitrogens with two attached hydrogens (primary N) is 1. The Balaban J connectivity index is 0.751. The molecule has 0 spiro atoms. The van der Waals surface area contributed by atoms with Crippen LogP contribution < -0.4 is 48.3 Å². The molecule has 2 unspecified atom stereocenters. The van der Waals surface area contributed by atoms with Crippen LogP contribution in [0.3, 0.4) is 0 Å². The lowest BCUT2D eigenvalue weighted by Gasteiger charge is -2.60. The molecule has 6 aliphatic carbocycles. The van der Waals surface area contributed by atoms with Crippen molar-refractivity contribution in [2.24, 2.45) is 63.9 Å². The first-order valence-electron chi connectivity index (χ1n) is 39.8. The van der Waals surface area contributed by atoms with Crippen LogP contribution in [0, 0.1) is 70.0 Å². The van der Waals surface area contributed by atoms with Crippen molar-refractivity contribution in [2.75, 3.05) is 91.1 Å². The van der Waals surface area contributed by atoms with Gasteiger partial charge in [0.2, 0.25) is 35.3 Å². The molecule has 114 heavy (non-hydrogen) atoms. The Labute approximate surface area is 663 Å². The number of aliphatic carboxylic acids is 1. The number of alkyl halides is 1. The van der Waals surface area contributed by atoms with E-state index >= 15 is 4.39 Å². The van der Waals surface area contributed by atoms with E-state index in [9.17, 15) is 72.9 Å². The average molecular weight is 1610 g/mol. The van der Waals surface area contributed by atoms with E-state index in [1.54, 1.807) is 33.8 Å². The number of aliphatic hydroxyl groups is 2. The number of halogens is 1. The molecule has 0 aromatic heterocycles. The summed E-state index contributed by atoms with van der Waals surface area (Å²) in [6.45, 7) is 12.6. The van der Waals surface area contributed by atoms with Crippen molar-refractivity contribution in [3.05, 3.63) is 53.6 Å². The summed E-state index contributed by atoms with van der Waals surface area (Å²) in [7, 11) is 0. The number of rotatable bonds is 46. The molecule has 13 N–H and O–H groups in total. The molecule has 1 heterocycles. The van der Waals surface area contributed by atoms with E-state index < -0.39 is 181 Å². The summed E-state index contributed by atoms with van der Waals surface area (Å²) in [5, 5.41) is 52.4. The number of ether oxygens (including phenoxy) is 9. The summed E-state index contributed by atoms with van der Waals surface area (Å²) in [5.74, 6) is -1.50. The van der Waals surface area contributed by atoms with Gasteiger partial charge < -0.3 is 106 Å². The van der Waals surface area contributed by atoms with Crippen LogP contribution in [0.15, 0.2) is 48.1 Å². The minimum absolute atomic E-state index is 0.00219. The number of fused-ring (bicyclic) bond motifs is 8. The van der Waals surface area contributed by atoms with Crippen molar-refractivity contribution in [1.82, 2.24) is 37.2 Å². The zero-order chi connectivity index (χ0) is 82.9. The molecule has 9 amide bonds. The highest BCUT2D eigenvalue weighted by Crippen LogP contribution is 2.70. The average Bonchev–Trinajstić information content (AvgIpc) is 1.49. The largest absolute Gasteiger partial charge is 0.481 e. The number of urea groups is 1. The molecule has 18 atom stereocenters. The lowest BCUT2D eigenvalue weighted by atomic mass is 9.46. The number of carbonyl (C=O) groups is 12. The third-order valence-electron chi connectivity index (χ3n) is 22.7. The molecule has 5 fully saturated rings. The van der Waals surface area contributed by atoms with Gasteiger partial charge in [-0.3, -0.25) is 38.4 Å². The van der Waals surface area contributed by atoms with Gasteiger partial charge >= 0.3 is 30.2 Å². The van der Waals surface area contributed by atoms with Crippen LogP contribution in [0.2, 0.25) is 0 Å². The number of nitrogens with one attached hydrogen (secondary N) is 8. The minimum atomic E-state index is -1.72. The van der Waals surface area contributed by atoms with E-state index in [1.807, 2.05) is 20.8 Å². The molecular formula is C80H116FN9O24. The van der Waals surface area contributed by atoms with Gasteiger partial charge in [0.25, 0.3) is 0 Å². The van der Waals surface area contributed by atoms with Crippen LogP contribution in [0.1, 0.15) is 150 Å². The van der Waals surface area contributed by atoms with E-state index in [0.717, 1.165) is 25.7 Å². The number of benzene rings is 1. The highest BCUT2D eigenvalue weighted by atomic mass is 19.1. The first kappa shape index (κ1) is 90.8. The molecule has 0 radical (unpaired) electrons. The quantitative estimate of drug-likeness (QED) is 0.0190. The van der Waals surface area contributed by atoms with Gasteiger partial charge in [-0.05, 0) is 141 Å². The van der Waals surface area contributed by atoms with Gasteiger partial charge in [-0.2, -0.15) is 0 Å². The predicted molar refractivity (Wildman–Crippen MR) is 406 cm³/mol. The van der Waals surface area contributed by atoms with Gasteiger partial charge in [0.15, 0.2) is 24.3 Å². The van der Waals surface area contributed by atoms with Crippen molar-refractivity contribution in [3.63, 3.8) is 0 Å². The van der Waals surface area contributed by atoms with Gasteiger partial charge in [-0.1, -0.05) is 73.1 Å². The first-order valence-corrected chi connectivity index (χ1v) is 39.8. The number of carbonyl (C=O) groups excluding carboxylic acids is 11. The molecule has 33 nitrogen and oxygen atoms in total. The molecule has 1 saturated heterocycles. The number of aliphatic hydroxyl groups excluding tert-OH is 2. The normalized spacial score (nSPS) is 26.8. The number of allylic oxidation sites excluding steroid dienone is 4. The van der Waals surface area contributed by atoms with Crippen LogP contribution in [0.5, 0.6) is 0 Å². The Hall–Kier alpha value is -8.69. The summed E-state index contributed by atoms with van der Waals surface area (Å²) in [4.78, 5) is 159. The molecule has 8 rings (SSSR count). The number of carboxylic acid groups (broad SMARTS) is 1. The van der Waals surface area contributed by atoms with Gasteiger partial charge in [0, 0.05) is 61.2 Å². The van der Waals surface area contributed by atoms with Gasteiger partial charge in [-0.25, -0.2) is 23.6 Å². The number of Topliss-reactive ketones (excluding diaryl/α,β-unsaturated/α-hetero) is 1. The third-order valence-corrected chi connectivity index (χ3v) is 22.7. The fourth-order valence-corrected chi connectivity index (χ4v) is 17.1. The number of amides is 9. The van der Waals surface area contributed by atoms with Crippen molar-refractivity contribution in [2.45, 2.75) is 212 Å². The summed E-state index contributed by atoms with van der Waals surface area (Å²) >= 11 is 0. The maximum atomic E-state index is 16.3. The third kappa shape index (κ3) is 24.7. The standard InChI is InChI=1S/C80H116FN9O24/c1-8-14-67-113-64-40-55-53-39-57(81)56-38-50(92)24-26-78(56,6)68(53)62(93)41-79(55,7)80(64,114-67)63(94)45-110-74(102)60(37-46(2)3)88-72(100)61(42-91)89-77(105)111-43-48-18-20-49(21-19-48)85-70(98)58(17-13-27-83-75(82)103)87-73(101)69(47(4)5)90-71(99)59(22-23-66(96)97)86-65(95)25-29-106-31-33-108-35-36-109-34-32-107-30-28-84-76(104)112-44-54-51-15-11-9-10-12-16-52(51)54/h18-21,24,26,38,46-47,51-55,57-62,64,67-69,91,93H,8,11-17,22-23,25,27-37,39-45H2,1-7H3,(H,84,104)(H,85,98)(H,86,95)(H,87,101)(H,88,100)(H,89,105)(H,90,99)(H,96,97)(H3,82,83,103)/t51-,52+,53-,54-,55-,57-,58-,59+,60-,61-,62-,64+,67?,68?,69-,78-,79-,80+/m0/s1. The number of esters is 1. The van der Waals surface area contributed by atoms with Crippen LogP contribution in [0.25, 0.3) is 0 Å². The number of ketones is 2. The highest BCUT2D eigenvalue weighted by Gasteiger charge is 2.76. The van der Waals surface area contributed by atoms with Gasteiger partial charge in [0.1, 0.15) is 43.0 Å². The van der Waals surface area contributed by atoms with E-state index in [0.29, 0.717) is 74.5 Å². The zero-order valence-corrected chi connectivity index (χ0v) is 66.2. The number of hydrogen-bond acceptors (Lipinski definition) is 23. The monoisotopic (exact) mass is 1610 g/mol. The molecule has 1 aliphatic heterocycles. The van der Waals surface area contributed by atoms with Gasteiger partial charge in [-0.15, -0.1) is 11.8 Å². The number of primary amides is 1. The zero-order valence-electron chi connectivity index (χ0n) is 66.2. The number of hydrogen-bond donors (Lipinski definition) is 12. The fourth-order valence-electron chi connectivity index (χ4n) is 17.1. The van der Waals surface area contributed by atoms with Gasteiger partial charge in [0.05, 0.1) is 78.3 Å². The van der Waals surface area contributed by atoms with Crippen LogP contribution in [-0.2, 0) is 92.4 Å². The summed E-state index contributed by atoms with van der Waals surface area (Å²) in [5.41, 5.74) is 2.36. The first-order chi connectivity index (χ1) is 54.4. The lowest BCUT2D eigenvalue weighted by Crippen LogP contribution is -2.64. The lowest BCUT2D eigenvalue weighted by molar-refractivity contribution is -0.203. The smallest absolute Gasteiger partial charge is 0.408 e. The maximum Gasteiger partial charge on any atom is 0.408 e. The van der Waals surface area contributed by atoms with Crippen LogP contribution >= 0.6 is 0 Å². The molecular weight excluding hydrogens is 1490 g/mol. The number of anilines is 1. The molecule has 1 aromatic rings. The summed E-state index contributed by atoms with van der Waals surface area (Å²) < 4.78 is 68.0. The van der Waals surface area contributed by atoms with E-state index in [-0.39, 0.29) is 114 Å². The topological polar surface area (TPSA) is 471 Å². The Morgan fingerprint density at radius 2 is 1.35 bits per heavy atom. The second kappa shape index (κ2) is 43.3. The van der Waals surface area contributed by atoms with E-state index in [2.05, 4.69) is 54.4 Å². The Morgan fingerprint density at radius 3 is 1.98 bits per heavy atom. The predicted octanol–water partition coefficient (Wildman–Crippen LogP) is 4.02. The van der Waals surface area contributed by atoms with Crippen molar-refractivity contribution < 1.29 is 120 Å². The maximum absolute atomic E-state index is 16.3. The summed E-state index contributed by atoms with van der Waals surface area (Å²) in [6.07, 6.45) is 2.97. The highest BCUT2D eigenvalue weighted by molar-refractivity contribution is 6.02. The molecule has 4 saturated carbocycles. The Morgan fingerprint density at radius 1 is 0.711 bits per heavy atom. The van der Waals surface area contributed by atoms with E-state index in [4.69, 9.17) is 48.4 Å². The van der Waals surface area contributed by atoms with Crippen LogP contribution in [-0.4, -0.2) is 233 Å². The van der Waals surface area contributed by atoms with Crippen molar-refractivity contribution >= 4 is 76.9 Å². The molecule has 34 heteroatoms. The molecule has 632 valence electrons. The van der Waals surface area contributed by atoms with Crippen molar-refractivity contribution in [3.8, 4) is 11.8 Å². The molecule has 7 aliphatic rings. The fraction of sp³-hybridized carbons (Fsp3) is 0.700. The number of alkyl carbamates (subject to hydrolysis) is 2. The SMILES string of the molecule is CCCC1O[C@@H]2C[C@H]3[C@@H]4C[C@H](F)C5=CC(=O)C=C[C@]5(C)C4[C@@H](O)C[C@]3(C)[C@]2(C(=O)COC(=O)[C@H](CC(C)C)NC(=O)[C@H](CO)NC(=O)OCc2ccc(NC(=O)[C@H](CCCNC(N)=O)NC(=O)[C@@H](NC(=O)[C@@H](CCC(=O)O)NC(=O)CCOCCOCCOCCOCCNC(=O)OC[C@@H]3[C@@H]4CCC#CCC[C@@H]43)C(C)C)cc2)O1. The minimum Gasteiger partial charge on any atom is -0.481 e. The van der Waals surface area contributed by atoms with Crippen LogP contribution in [0.4, 0.5) is 24.5 Å². The molecule has 0 bridgehead atoms. The molecule has 1 aromatic carbocycles. The number of carboxylic acids is 1.